The van der Waals surface area contributed by atoms with Crippen LogP contribution >= 0.6 is 31.9 Å². The average Bonchev–Trinajstić information content (AvgIpc) is 2.02. The third kappa shape index (κ3) is 2.75. The van der Waals surface area contributed by atoms with E-state index in [1.807, 2.05) is 0 Å². The van der Waals surface area contributed by atoms with Crippen LogP contribution in [0.2, 0.25) is 0 Å². The SMILES string of the molecule is CCS(=O)(=O)c1cc(Br)nc(Br)c1. The summed E-state index contributed by atoms with van der Waals surface area (Å²) in [6, 6.07) is 2.98. The third-order valence-corrected chi connectivity index (χ3v) is 4.00. The summed E-state index contributed by atoms with van der Waals surface area (Å²) in [6.07, 6.45) is 0. The molecule has 1 aromatic heterocycles. The first-order valence-electron chi connectivity index (χ1n) is 3.51. The zero-order valence-corrected chi connectivity index (χ0v) is 10.8. The Bertz CT molecular complexity index is 396. The number of rotatable bonds is 2. The zero-order valence-electron chi connectivity index (χ0n) is 6.79. The zero-order chi connectivity index (χ0) is 10.1. The third-order valence-electron chi connectivity index (χ3n) is 1.48. The fourth-order valence-corrected chi connectivity index (χ4v) is 3.12. The van der Waals surface area contributed by atoms with Gasteiger partial charge in [-0.15, -0.1) is 0 Å². The second-order valence-electron chi connectivity index (χ2n) is 2.35. The molecular formula is C7H7Br2NO2S. The topological polar surface area (TPSA) is 47.0 Å². The monoisotopic (exact) mass is 327 g/mol. The molecule has 0 amide bonds. The van der Waals surface area contributed by atoms with E-state index in [-0.39, 0.29) is 10.6 Å². The number of sulfone groups is 1. The van der Waals surface area contributed by atoms with Gasteiger partial charge in [0, 0.05) is 0 Å². The molecule has 1 rings (SSSR count). The molecule has 1 aromatic rings. The van der Waals surface area contributed by atoms with Gasteiger partial charge in [-0.2, -0.15) is 0 Å². The molecule has 0 fully saturated rings. The molecule has 0 saturated carbocycles. The molecule has 0 N–H and O–H groups in total. The van der Waals surface area contributed by atoms with Crippen LogP contribution in [0.5, 0.6) is 0 Å². The maximum Gasteiger partial charge on any atom is 0.178 e. The highest BCUT2D eigenvalue weighted by molar-refractivity contribution is 9.11. The minimum Gasteiger partial charge on any atom is -0.234 e. The quantitative estimate of drug-likeness (QED) is 0.783. The predicted molar refractivity (Wildman–Crippen MR) is 57.4 cm³/mol. The Morgan fingerprint density at radius 1 is 1.31 bits per heavy atom. The normalized spacial score (nSPS) is 11.6. The molecule has 0 aliphatic rings. The Morgan fingerprint density at radius 3 is 2.15 bits per heavy atom. The lowest BCUT2D eigenvalue weighted by Crippen LogP contribution is -2.04. The number of hydrogen-bond donors (Lipinski definition) is 0. The molecule has 6 heteroatoms. The number of halogens is 2. The first kappa shape index (κ1) is 11.1. The summed E-state index contributed by atoms with van der Waals surface area (Å²) in [5.74, 6) is 0.0931. The van der Waals surface area contributed by atoms with E-state index in [4.69, 9.17) is 0 Å². The summed E-state index contributed by atoms with van der Waals surface area (Å²) in [5.41, 5.74) is 0. The summed E-state index contributed by atoms with van der Waals surface area (Å²) in [4.78, 5) is 4.23. The van der Waals surface area contributed by atoms with E-state index in [0.717, 1.165) is 0 Å². The van der Waals surface area contributed by atoms with E-state index < -0.39 is 9.84 Å². The van der Waals surface area contributed by atoms with Crippen molar-refractivity contribution in [3.05, 3.63) is 21.3 Å². The van der Waals surface area contributed by atoms with E-state index in [1.54, 1.807) is 6.92 Å². The van der Waals surface area contributed by atoms with Crippen LogP contribution < -0.4 is 0 Å². The molecule has 0 bridgehead atoms. The van der Waals surface area contributed by atoms with Gasteiger partial charge in [0.2, 0.25) is 0 Å². The smallest absolute Gasteiger partial charge is 0.178 e. The molecule has 0 aromatic carbocycles. The fourth-order valence-electron chi connectivity index (χ4n) is 0.789. The maximum atomic E-state index is 11.4. The van der Waals surface area contributed by atoms with Gasteiger partial charge in [0.1, 0.15) is 9.21 Å². The van der Waals surface area contributed by atoms with E-state index in [1.165, 1.54) is 12.1 Å². The van der Waals surface area contributed by atoms with Crippen molar-refractivity contribution in [3.8, 4) is 0 Å². The van der Waals surface area contributed by atoms with Crippen molar-refractivity contribution in [1.29, 1.82) is 0 Å². The summed E-state index contributed by atoms with van der Waals surface area (Å²) in [7, 11) is -3.14. The maximum absolute atomic E-state index is 11.4. The Morgan fingerprint density at radius 2 is 1.77 bits per heavy atom. The van der Waals surface area contributed by atoms with Crippen molar-refractivity contribution >= 4 is 41.7 Å². The molecule has 13 heavy (non-hydrogen) atoms. The Kier molecular flexibility index (Phi) is 3.48. The molecule has 72 valence electrons. The number of nitrogens with zero attached hydrogens (tertiary/aromatic N) is 1. The highest BCUT2D eigenvalue weighted by Gasteiger charge is 2.12. The van der Waals surface area contributed by atoms with E-state index >= 15 is 0 Å². The fraction of sp³-hybridized carbons (Fsp3) is 0.286. The molecule has 0 radical (unpaired) electrons. The van der Waals surface area contributed by atoms with E-state index in [2.05, 4.69) is 36.8 Å². The molecule has 0 aliphatic heterocycles. The Labute approximate surface area is 93.7 Å². The van der Waals surface area contributed by atoms with Gasteiger partial charge in [-0.3, -0.25) is 0 Å². The molecule has 0 spiro atoms. The molecule has 0 unspecified atom stereocenters. The second kappa shape index (κ2) is 4.06. The van der Waals surface area contributed by atoms with Gasteiger partial charge in [-0.1, -0.05) is 6.92 Å². The first-order valence-corrected chi connectivity index (χ1v) is 6.75. The highest BCUT2D eigenvalue weighted by Crippen LogP contribution is 2.20. The molecular weight excluding hydrogens is 322 g/mol. The molecule has 0 saturated heterocycles. The number of pyridine rings is 1. The van der Waals surface area contributed by atoms with Crippen LogP contribution in [-0.2, 0) is 9.84 Å². The van der Waals surface area contributed by atoms with Gasteiger partial charge < -0.3 is 0 Å². The van der Waals surface area contributed by atoms with Gasteiger partial charge in [0.05, 0.1) is 10.6 Å². The van der Waals surface area contributed by atoms with Crippen molar-refractivity contribution in [3.63, 3.8) is 0 Å². The molecule has 0 aliphatic carbocycles. The average molecular weight is 329 g/mol. The van der Waals surface area contributed by atoms with Crippen LogP contribution in [-0.4, -0.2) is 19.2 Å². The Hall–Kier alpha value is 0.0600. The van der Waals surface area contributed by atoms with Crippen LogP contribution in [0.1, 0.15) is 6.92 Å². The van der Waals surface area contributed by atoms with Crippen molar-refractivity contribution in [1.82, 2.24) is 4.98 Å². The second-order valence-corrected chi connectivity index (χ2v) is 6.25. The van der Waals surface area contributed by atoms with Gasteiger partial charge in [0.15, 0.2) is 9.84 Å². The van der Waals surface area contributed by atoms with Crippen molar-refractivity contribution < 1.29 is 8.42 Å². The summed E-state index contributed by atoms with van der Waals surface area (Å²) >= 11 is 6.26. The van der Waals surface area contributed by atoms with Crippen LogP contribution in [0.4, 0.5) is 0 Å². The number of hydrogen-bond acceptors (Lipinski definition) is 3. The molecule has 3 nitrogen and oxygen atoms in total. The van der Waals surface area contributed by atoms with Gasteiger partial charge in [-0.05, 0) is 44.0 Å². The Balaban J connectivity index is 3.32. The largest absolute Gasteiger partial charge is 0.234 e. The van der Waals surface area contributed by atoms with Crippen molar-refractivity contribution in [2.45, 2.75) is 11.8 Å². The summed E-state index contributed by atoms with van der Waals surface area (Å²) < 4.78 is 23.9. The minimum atomic E-state index is -3.14. The predicted octanol–water partition coefficient (Wildman–Crippen LogP) is 2.40. The lowest BCUT2D eigenvalue weighted by molar-refractivity contribution is 0.597. The molecule has 1 heterocycles. The van der Waals surface area contributed by atoms with Crippen LogP contribution in [0.25, 0.3) is 0 Å². The van der Waals surface area contributed by atoms with Gasteiger partial charge in [-0.25, -0.2) is 13.4 Å². The van der Waals surface area contributed by atoms with Gasteiger partial charge in [0.25, 0.3) is 0 Å². The van der Waals surface area contributed by atoms with Crippen molar-refractivity contribution in [2.24, 2.45) is 0 Å². The highest BCUT2D eigenvalue weighted by atomic mass is 79.9. The lowest BCUT2D eigenvalue weighted by Gasteiger charge is -2.01. The van der Waals surface area contributed by atoms with E-state index in [9.17, 15) is 8.42 Å². The van der Waals surface area contributed by atoms with Crippen LogP contribution in [0.3, 0.4) is 0 Å². The van der Waals surface area contributed by atoms with Crippen LogP contribution in [0, 0.1) is 0 Å². The summed E-state index contributed by atoms with van der Waals surface area (Å²) in [5, 5.41) is 0. The van der Waals surface area contributed by atoms with Gasteiger partial charge >= 0.3 is 0 Å². The first-order chi connectivity index (χ1) is 5.95. The van der Waals surface area contributed by atoms with Crippen molar-refractivity contribution in [2.75, 3.05) is 5.75 Å². The molecule has 0 atom stereocenters. The summed E-state index contributed by atoms with van der Waals surface area (Å²) in [6.45, 7) is 1.61. The minimum absolute atomic E-state index is 0.0931. The van der Waals surface area contributed by atoms with E-state index in [0.29, 0.717) is 9.21 Å². The van der Waals surface area contributed by atoms with Crippen LogP contribution in [0.15, 0.2) is 26.2 Å². The number of aromatic nitrogens is 1. The lowest BCUT2D eigenvalue weighted by atomic mass is 10.5. The standard InChI is InChI=1S/C7H7Br2NO2S/c1-2-13(11,12)5-3-6(8)10-7(9)4-5/h3-4H,2H2,1H3.